The molecule has 0 amide bonds. The van der Waals surface area contributed by atoms with Crippen LogP contribution in [0.15, 0.2) is 23.3 Å². The van der Waals surface area contributed by atoms with E-state index in [0.29, 0.717) is 24.3 Å². The largest absolute Gasteiger partial charge is 0.456 e. The molecule has 3 heterocycles. The van der Waals surface area contributed by atoms with Crippen molar-refractivity contribution in [3.05, 3.63) is 23.3 Å². The molecule has 3 saturated heterocycles. The Morgan fingerprint density at radius 3 is 1.74 bits per heavy atom. The predicted octanol–water partition coefficient (Wildman–Crippen LogP) is 5.15. The smallest absolute Gasteiger partial charge is 0.340 e. The van der Waals surface area contributed by atoms with Crippen LogP contribution in [0.4, 0.5) is 0 Å². The summed E-state index contributed by atoms with van der Waals surface area (Å²) in [6.07, 6.45) is 11.3. The third-order valence-electron chi connectivity index (χ3n) is 17.7. The number of rotatable bonds is 1. The van der Waals surface area contributed by atoms with Crippen LogP contribution in [0, 0.1) is 63.1 Å². The molecule has 50 heavy (non-hydrogen) atoms. The maximum absolute atomic E-state index is 13.9. The van der Waals surface area contributed by atoms with Gasteiger partial charge < -0.3 is 24.4 Å². The first-order valence-electron chi connectivity index (χ1n) is 19.4. The summed E-state index contributed by atoms with van der Waals surface area (Å²) >= 11 is 0. The van der Waals surface area contributed by atoms with Gasteiger partial charge in [0.25, 0.3) is 0 Å². The van der Waals surface area contributed by atoms with Crippen LogP contribution in [-0.2, 0) is 33.4 Å². The Bertz CT molecular complexity index is 1630. The first-order valence-corrected chi connectivity index (χ1v) is 19.4. The van der Waals surface area contributed by atoms with E-state index >= 15 is 0 Å². The molecule has 7 aliphatic carbocycles. The second kappa shape index (κ2) is 8.98. The number of allylic oxidation sites excluding steroid dienone is 2. The molecule has 2 N–H and O–H groups in total. The molecule has 4 bridgehead atoms. The van der Waals surface area contributed by atoms with Crippen LogP contribution < -0.4 is 0 Å². The van der Waals surface area contributed by atoms with E-state index in [4.69, 9.17) is 14.2 Å². The van der Waals surface area contributed by atoms with Gasteiger partial charge in [0.15, 0.2) is 28.7 Å². The molecule has 10 aliphatic rings. The molecule has 3 aliphatic heterocycles. The van der Waals surface area contributed by atoms with Gasteiger partial charge in [-0.15, -0.1) is 0 Å². The third-order valence-corrected chi connectivity index (χ3v) is 17.7. The molecular weight excluding hydrogens is 636 g/mol. The van der Waals surface area contributed by atoms with E-state index in [1.807, 2.05) is 0 Å². The lowest BCUT2D eigenvalue weighted by atomic mass is 9.44. The predicted molar refractivity (Wildman–Crippen MR) is 178 cm³/mol. The van der Waals surface area contributed by atoms with Crippen molar-refractivity contribution in [2.45, 2.75) is 141 Å². The summed E-state index contributed by atoms with van der Waals surface area (Å²) in [6.45, 7) is 13.6. The lowest BCUT2D eigenvalue weighted by Gasteiger charge is -2.60. The van der Waals surface area contributed by atoms with Gasteiger partial charge in [-0.05, 0) is 84.9 Å². The number of hydrogen-bond acceptors (Lipinski definition) is 9. The Morgan fingerprint density at radius 2 is 1.14 bits per heavy atom. The standard InChI is InChI=1S/C41H52O9/c1-34(2)13-7-15-36(5)24(34)11-17-38-22-19-23(42)20(26(22)40(46,30(36)38)32(44)49-38)9-10-21-27-28(48-29(21)43)39-18-12-25-35(3,4)14-8-16-37(25,6)31(39)41(27,47)33(45)50-39/h9-10,22,24-28,30-31,46-47H,7-8,11-19H2,1-6H3/b20-9+,21-10-/t22-,24-,25-,26+,27+,28-,30+,31+,36-,37-,38-,39-,40-,41-/m1/s1. The summed E-state index contributed by atoms with van der Waals surface area (Å²) in [5.74, 6) is -4.48. The van der Waals surface area contributed by atoms with Crippen molar-refractivity contribution in [3.63, 3.8) is 0 Å². The summed E-state index contributed by atoms with van der Waals surface area (Å²) in [5.41, 5.74) is -5.91. The van der Waals surface area contributed by atoms with Gasteiger partial charge in [-0.3, -0.25) is 4.79 Å². The molecule has 0 aromatic carbocycles. The van der Waals surface area contributed by atoms with Crippen LogP contribution in [0.2, 0.25) is 0 Å². The van der Waals surface area contributed by atoms with Gasteiger partial charge in [-0.2, -0.15) is 0 Å². The van der Waals surface area contributed by atoms with Crippen LogP contribution in [0.5, 0.6) is 0 Å². The highest BCUT2D eigenvalue weighted by atomic mass is 16.6. The zero-order chi connectivity index (χ0) is 35.4. The molecule has 10 rings (SSSR count). The Balaban J connectivity index is 1.06. The number of esters is 3. The van der Waals surface area contributed by atoms with Crippen LogP contribution >= 0.6 is 0 Å². The normalized spacial score (nSPS) is 57.4. The molecule has 9 nitrogen and oxygen atoms in total. The van der Waals surface area contributed by atoms with Crippen molar-refractivity contribution < 1.29 is 43.6 Å². The van der Waals surface area contributed by atoms with Gasteiger partial charge in [0.1, 0.15) is 5.60 Å². The first kappa shape index (κ1) is 32.2. The van der Waals surface area contributed by atoms with Crippen molar-refractivity contribution in [2.24, 2.45) is 63.1 Å². The monoisotopic (exact) mass is 688 g/mol. The second-order valence-corrected chi connectivity index (χ2v) is 20.3. The van der Waals surface area contributed by atoms with Crippen molar-refractivity contribution >= 4 is 23.7 Å². The summed E-state index contributed by atoms with van der Waals surface area (Å²) in [6, 6.07) is 0. The topological polar surface area (TPSA) is 136 Å². The van der Waals surface area contributed by atoms with Crippen molar-refractivity contribution in [1.82, 2.24) is 0 Å². The first-order chi connectivity index (χ1) is 23.3. The maximum atomic E-state index is 13.9. The number of Topliss-reactive ketones (excluding diaryl/α,β-unsaturated/α-hetero) is 1. The summed E-state index contributed by atoms with van der Waals surface area (Å²) in [4.78, 5) is 55.3. The second-order valence-electron chi connectivity index (χ2n) is 20.3. The number of hydrogen-bond donors (Lipinski definition) is 2. The van der Waals surface area contributed by atoms with Crippen LogP contribution in [-0.4, -0.2) is 62.4 Å². The van der Waals surface area contributed by atoms with Gasteiger partial charge in [-0.1, -0.05) is 66.5 Å². The number of carbonyl (C=O) groups excluding carboxylic acids is 4. The maximum Gasteiger partial charge on any atom is 0.340 e. The lowest BCUT2D eigenvalue weighted by Crippen LogP contribution is -2.61. The molecule has 9 heteroatoms. The number of fused-ring (bicyclic) bond motifs is 6. The number of ketones is 1. The minimum Gasteiger partial charge on any atom is -0.456 e. The number of ether oxygens (including phenoxy) is 3. The van der Waals surface area contributed by atoms with E-state index in [9.17, 15) is 29.4 Å². The van der Waals surface area contributed by atoms with E-state index in [2.05, 4.69) is 41.5 Å². The fourth-order valence-electron chi connectivity index (χ4n) is 16.5. The minimum absolute atomic E-state index is 0.0352. The SMILES string of the molecule is CC1(C)CCC[C@]2(C)[C@@H]1CC[C@@]13OC(=O)[C@@](O)([C@H]4/C(=C/C=C5\C(=O)O[C@@H]6[C@H]5[C@]5(O)C(=O)O[C@]67CC[C@@H]6C(C)(C)CCC[C@@]6(C)[C@@H]75)C(=O)C[C@H]41)[C@@H]23. The molecule has 0 aromatic rings. The van der Waals surface area contributed by atoms with Crippen LogP contribution in [0.3, 0.4) is 0 Å². The highest BCUT2D eigenvalue weighted by Crippen LogP contribution is 2.77. The summed E-state index contributed by atoms with van der Waals surface area (Å²) in [7, 11) is 0. The van der Waals surface area contributed by atoms with Gasteiger partial charge in [-0.25, -0.2) is 14.4 Å². The summed E-state index contributed by atoms with van der Waals surface area (Å²) < 4.78 is 18.5. The number of carbonyl (C=O) groups is 4. The molecule has 7 saturated carbocycles. The summed E-state index contributed by atoms with van der Waals surface area (Å²) in [5, 5.41) is 25.4. The van der Waals surface area contributed by atoms with E-state index < -0.39 is 70.1 Å². The van der Waals surface area contributed by atoms with E-state index in [0.717, 1.165) is 51.4 Å². The van der Waals surface area contributed by atoms with Crippen LogP contribution in [0.25, 0.3) is 0 Å². The molecule has 0 spiro atoms. The minimum atomic E-state index is -1.94. The third kappa shape index (κ3) is 3.17. The zero-order valence-corrected chi connectivity index (χ0v) is 30.3. The van der Waals surface area contributed by atoms with Gasteiger partial charge in [0.05, 0.1) is 5.92 Å². The quantitative estimate of drug-likeness (QED) is 0.218. The van der Waals surface area contributed by atoms with Gasteiger partial charge in [0.2, 0.25) is 0 Å². The fraction of sp³-hybridized carbons (Fsp3) is 0.805. The van der Waals surface area contributed by atoms with E-state index in [1.54, 1.807) is 12.2 Å². The Kier molecular flexibility index (Phi) is 5.77. The van der Waals surface area contributed by atoms with Gasteiger partial charge in [0, 0.05) is 41.2 Å². The molecule has 14 atom stereocenters. The molecule has 0 unspecified atom stereocenters. The molecule has 0 aromatic heterocycles. The molecule has 10 fully saturated rings. The highest BCUT2D eigenvalue weighted by molar-refractivity contribution is 6.03. The average Bonchev–Trinajstić information content (AvgIpc) is 3.76. The Labute approximate surface area is 293 Å². The van der Waals surface area contributed by atoms with Gasteiger partial charge >= 0.3 is 17.9 Å². The molecular formula is C41H52O9. The van der Waals surface area contributed by atoms with E-state index in [1.165, 1.54) is 0 Å². The fourth-order valence-corrected chi connectivity index (χ4v) is 16.5. The van der Waals surface area contributed by atoms with Crippen molar-refractivity contribution in [2.75, 3.05) is 0 Å². The van der Waals surface area contributed by atoms with Crippen molar-refractivity contribution in [1.29, 1.82) is 0 Å². The van der Waals surface area contributed by atoms with E-state index in [-0.39, 0.29) is 51.3 Å². The number of aliphatic hydroxyl groups is 2. The Hall–Kier alpha value is -2.52. The lowest BCUT2D eigenvalue weighted by molar-refractivity contribution is -0.200. The highest BCUT2D eigenvalue weighted by Gasteiger charge is 2.88. The molecule has 0 radical (unpaired) electrons. The zero-order valence-electron chi connectivity index (χ0n) is 30.3. The Morgan fingerprint density at radius 1 is 0.640 bits per heavy atom. The average molecular weight is 689 g/mol. The molecule has 270 valence electrons. The van der Waals surface area contributed by atoms with Crippen molar-refractivity contribution in [3.8, 4) is 0 Å². The van der Waals surface area contributed by atoms with Crippen LogP contribution in [0.1, 0.15) is 112 Å².